The predicted octanol–water partition coefficient (Wildman–Crippen LogP) is 4.85. The lowest BCUT2D eigenvalue weighted by Crippen LogP contribution is -2.35. The molecule has 0 aromatic heterocycles. The number of rotatable bonds is 5. The maximum atomic E-state index is 10.5. The number of hydrogen-bond donors (Lipinski definition) is 1. The Morgan fingerprint density at radius 1 is 0.964 bits per heavy atom. The van der Waals surface area contributed by atoms with Crippen LogP contribution in [-0.2, 0) is 6.42 Å². The van der Waals surface area contributed by atoms with Crippen LogP contribution in [0.15, 0.2) is 48.5 Å². The van der Waals surface area contributed by atoms with E-state index < -0.39 is 6.10 Å². The Balaban J connectivity index is 1.31. The molecule has 2 atom stereocenters. The van der Waals surface area contributed by atoms with Gasteiger partial charge in [-0.3, -0.25) is 4.90 Å². The number of nitrogens with zero attached hydrogens (tertiary/aromatic N) is 2. The average molecular weight is 399 g/mol. The quantitative estimate of drug-likeness (QED) is 0.779. The number of aryl methyl sites for hydroxylation is 1. The molecular formula is C24H31ClN2O. The van der Waals surface area contributed by atoms with Crippen LogP contribution in [0.1, 0.15) is 54.5 Å². The average Bonchev–Trinajstić information content (AvgIpc) is 2.98. The molecule has 1 aliphatic carbocycles. The van der Waals surface area contributed by atoms with Gasteiger partial charge in [-0.25, -0.2) is 0 Å². The minimum Gasteiger partial charge on any atom is -0.388 e. The largest absolute Gasteiger partial charge is 0.388 e. The summed E-state index contributed by atoms with van der Waals surface area (Å²) in [6.45, 7) is 5.45. The Morgan fingerprint density at radius 2 is 1.79 bits per heavy atom. The zero-order valence-electron chi connectivity index (χ0n) is 16.6. The van der Waals surface area contributed by atoms with Crippen molar-refractivity contribution >= 4 is 11.6 Å². The van der Waals surface area contributed by atoms with Crippen molar-refractivity contribution in [1.29, 1.82) is 0 Å². The molecule has 150 valence electrons. The van der Waals surface area contributed by atoms with Gasteiger partial charge < -0.3 is 10.0 Å². The summed E-state index contributed by atoms with van der Waals surface area (Å²) in [5, 5.41) is 11.2. The normalized spacial score (nSPS) is 22.4. The topological polar surface area (TPSA) is 26.7 Å². The first-order chi connectivity index (χ1) is 13.7. The third-order valence-electron chi connectivity index (χ3n) is 6.38. The van der Waals surface area contributed by atoms with E-state index in [1.165, 1.54) is 32.2 Å². The fraction of sp³-hybridized carbons (Fsp3) is 0.500. The highest BCUT2D eigenvalue weighted by atomic mass is 35.5. The SMILES string of the molecule is OC(CCN1CCCN(C2CCCc3ccccc32)CC1)c1ccc(Cl)cc1. The smallest absolute Gasteiger partial charge is 0.0802 e. The van der Waals surface area contributed by atoms with Crippen molar-refractivity contribution in [3.8, 4) is 0 Å². The Hall–Kier alpha value is -1.39. The molecule has 0 bridgehead atoms. The van der Waals surface area contributed by atoms with Gasteiger partial charge in [-0.05, 0) is 67.5 Å². The van der Waals surface area contributed by atoms with Crippen molar-refractivity contribution in [2.45, 2.75) is 44.2 Å². The molecule has 1 fully saturated rings. The molecule has 1 heterocycles. The third kappa shape index (κ3) is 4.77. The van der Waals surface area contributed by atoms with Gasteiger partial charge in [0.15, 0.2) is 0 Å². The first-order valence-corrected chi connectivity index (χ1v) is 11.1. The third-order valence-corrected chi connectivity index (χ3v) is 6.63. The van der Waals surface area contributed by atoms with E-state index in [1.54, 1.807) is 11.1 Å². The van der Waals surface area contributed by atoms with E-state index in [1.807, 2.05) is 24.3 Å². The summed E-state index contributed by atoms with van der Waals surface area (Å²) in [7, 11) is 0. The van der Waals surface area contributed by atoms with Crippen LogP contribution in [0, 0.1) is 0 Å². The molecule has 1 aliphatic heterocycles. The minimum atomic E-state index is -0.415. The van der Waals surface area contributed by atoms with Crippen molar-refractivity contribution in [3.63, 3.8) is 0 Å². The summed E-state index contributed by atoms with van der Waals surface area (Å²) < 4.78 is 0. The van der Waals surface area contributed by atoms with Gasteiger partial charge in [0.25, 0.3) is 0 Å². The monoisotopic (exact) mass is 398 g/mol. The van der Waals surface area contributed by atoms with Crippen LogP contribution in [0.3, 0.4) is 0 Å². The van der Waals surface area contributed by atoms with Gasteiger partial charge in [0.1, 0.15) is 0 Å². The van der Waals surface area contributed by atoms with Crippen LogP contribution in [0.25, 0.3) is 0 Å². The molecule has 2 aliphatic rings. The lowest BCUT2D eigenvalue weighted by atomic mass is 9.87. The number of halogens is 1. The summed E-state index contributed by atoms with van der Waals surface area (Å²) in [5.74, 6) is 0. The molecule has 0 radical (unpaired) electrons. The molecule has 0 spiro atoms. The number of benzene rings is 2. The molecule has 3 nitrogen and oxygen atoms in total. The van der Waals surface area contributed by atoms with Gasteiger partial charge in [-0.1, -0.05) is 48.0 Å². The molecule has 2 unspecified atom stereocenters. The highest BCUT2D eigenvalue weighted by Gasteiger charge is 2.27. The van der Waals surface area contributed by atoms with Gasteiger partial charge in [0.05, 0.1) is 6.10 Å². The number of fused-ring (bicyclic) bond motifs is 1. The van der Waals surface area contributed by atoms with Crippen molar-refractivity contribution in [3.05, 3.63) is 70.2 Å². The molecule has 2 aromatic carbocycles. The maximum absolute atomic E-state index is 10.5. The first-order valence-electron chi connectivity index (χ1n) is 10.7. The highest BCUT2D eigenvalue weighted by Crippen LogP contribution is 2.34. The zero-order chi connectivity index (χ0) is 19.3. The molecule has 28 heavy (non-hydrogen) atoms. The summed E-state index contributed by atoms with van der Waals surface area (Å²) >= 11 is 5.95. The lowest BCUT2D eigenvalue weighted by Gasteiger charge is -2.35. The zero-order valence-corrected chi connectivity index (χ0v) is 17.3. The molecule has 0 amide bonds. The van der Waals surface area contributed by atoms with Crippen LogP contribution in [0.4, 0.5) is 0 Å². The van der Waals surface area contributed by atoms with E-state index in [2.05, 4.69) is 34.1 Å². The molecule has 1 N–H and O–H groups in total. The maximum Gasteiger partial charge on any atom is 0.0802 e. The van der Waals surface area contributed by atoms with Crippen LogP contribution in [-0.4, -0.2) is 47.6 Å². The van der Waals surface area contributed by atoms with E-state index in [9.17, 15) is 5.11 Å². The minimum absolute atomic E-state index is 0.415. The molecule has 1 saturated heterocycles. The fourth-order valence-electron chi connectivity index (χ4n) is 4.79. The number of aliphatic hydroxyl groups is 1. The second-order valence-corrected chi connectivity index (χ2v) is 8.63. The molecule has 4 heteroatoms. The van der Waals surface area contributed by atoms with E-state index in [-0.39, 0.29) is 0 Å². The molecule has 0 saturated carbocycles. The van der Waals surface area contributed by atoms with Crippen LogP contribution < -0.4 is 0 Å². The Bertz CT molecular complexity index is 763. The van der Waals surface area contributed by atoms with Gasteiger partial charge in [0.2, 0.25) is 0 Å². The second-order valence-electron chi connectivity index (χ2n) is 8.19. The molecule has 4 rings (SSSR count). The van der Waals surface area contributed by atoms with Gasteiger partial charge in [-0.15, -0.1) is 0 Å². The van der Waals surface area contributed by atoms with Crippen molar-refractivity contribution in [1.82, 2.24) is 9.80 Å². The van der Waals surface area contributed by atoms with Gasteiger partial charge >= 0.3 is 0 Å². The number of aliphatic hydroxyl groups excluding tert-OH is 1. The Morgan fingerprint density at radius 3 is 2.64 bits per heavy atom. The van der Waals surface area contributed by atoms with Crippen molar-refractivity contribution < 1.29 is 5.11 Å². The lowest BCUT2D eigenvalue weighted by molar-refractivity contribution is 0.139. The Labute approximate surface area is 173 Å². The van der Waals surface area contributed by atoms with Gasteiger partial charge in [-0.2, -0.15) is 0 Å². The van der Waals surface area contributed by atoms with Gasteiger partial charge in [0, 0.05) is 37.2 Å². The molecular weight excluding hydrogens is 368 g/mol. The second kappa shape index (κ2) is 9.41. The van der Waals surface area contributed by atoms with Crippen molar-refractivity contribution in [2.24, 2.45) is 0 Å². The highest BCUT2D eigenvalue weighted by molar-refractivity contribution is 6.30. The van der Waals surface area contributed by atoms with Crippen LogP contribution in [0.5, 0.6) is 0 Å². The standard InChI is InChI=1S/C24H31ClN2O/c25-21-11-9-20(10-12-21)24(28)13-16-26-14-4-15-27(18-17-26)23-8-3-6-19-5-1-2-7-22(19)23/h1-2,5,7,9-12,23-24,28H,3-4,6,8,13-18H2. The summed E-state index contributed by atoms with van der Waals surface area (Å²) in [6, 6.07) is 17.2. The molecule has 2 aromatic rings. The van der Waals surface area contributed by atoms with Crippen molar-refractivity contribution in [2.75, 3.05) is 32.7 Å². The summed E-state index contributed by atoms with van der Waals surface area (Å²) in [6.07, 6.45) is 5.38. The first kappa shape index (κ1) is 19.9. The Kier molecular flexibility index (Phi) is 6.69. The summed E-state index contributed by atoms with van der Waals surface area (Å²) in [4.78, 5) is 5.22. The van der Waals surface area contributed by atoms with Crippen LogP contribution >= 0.6 is 11.6 Å². The van der Waals surface area contributed by atoms with E-state index in [4.69, 9.17) is 11.6 Å². The number of hydrogen-bond acceptors (Lipinski definition) is 3. The van der Waals surface area contributed by atoms with Crippen LogP contribution in [0.2, 0.25) is 5.02 Å². The summed E-state index contributed by atoms with van der Waals surface area (Å²) in [5.41, 5.74) is 4.06. The predicted molar refractivity (Wildman–Crippen MR) is 116 cm³/mol. The van der Waals surface area contributed by atoms with E-state index in [0.29, 0.717) is 11.1 Å². The van der Waals surface area contributed by atoms with E-state index in [0.717, 1.165) is 38.2 Å². The van der Waals surface area contributed by atoms with E-state index >= 15 is 0 Å². The fourth-order valence-corrected chi connectivity index (χ4v) is 4.92.